The zero-order valence-electron chi connectivity index (χ0n) is 10.9. The number of hydrogen-bond donors (Lipinski definition) is 0. The van der Waals surface area contributed by atoms with Crippen molar-refractivity contribution in [3.8, 4) is 0 Å². The Morgan fingerprint density at radius 2 is 2.06 bits per heavy atom. The van der Waals surface area contributed by atoms with E-state index in [4.69, 9.17) is 14.3 Å². The Morgan fingerprint density at radius 3 is 2.53 bits per heavy atom. The lowest BCUT2D eigenvalue weighted by Gasteiger charge is -2.30. The second-order valence-corrected chi connectivity index (χ2v) is 4.18. The summed E-state index contributed by atoms with van der Waals surface area (Å²) in [5.74, 6) is -1.66. The van der Waals surface area contributed by atoms with Gasteiger partial charge < -0.3 is 9.47 Å². The third-order valence-electron chi connectivity index (χ3n) is 3.20. The van der Waals surface area contributed by atoms with Gasteiger partial charge in [0.1, 0.15) is 5.92 Å². The summed E-state index contributed by atoms with van der Waals surface area (Å²) in [6.07, 6.45) is -0.429. The lowest BCUT2D eigenvalue weighted by Crippen LogP contribution is -2.54. The molecule has 98 valence electrons. The van der Waals surface area contributed by atoms with Crippen LogP contribution in [0.4, 0.5) is 0 Å². The lowest BCUT2D eigenvalue weighted by molar-refractivity contribution is -0.188. The fourth-order valence-corrected chi connectivity index (χ4v) is 2.15. The molecule has 0 unspecified atom stereocenters. The maximum Gasteiger partial charge on any atom is 0.329 e. The quantitative estimate of drug-likeness (QED) is 0.669. The number of likely N-dealkylation sites (N-methyl/N-ethyl adjacent to an activating group) is 1. The third-order valence-corrected chi connectivity index (χ3v) is 3.20. The Hall–Kier alpha value is -1.14. The number of esters is 2. The molecule has 17 heavy (non-hydrogen) atoms. The second kappa shape index (κ2) is 5.01. The average molecular weight is 245 g/mol. The number of nitrogens with zero attached hydrogens (tertiary/aromatic N) is 1. The van der Waals surface area contributed by atoms with Crippen LogP contribution in [0.3, 0.4) is 0 Å². The van der Waals surface area contributed by atoms with E-state index in [-0.39, 0.29) is 6.61 Å². The molecule has 6 nitrogen and oxygen atoms in total. The molecule has 1 aliphatic rings. The van der Waals surface area contributed by atoms with Crippen molar-refractivity contribution in [1.29, 1.82) is 0 Å². The number of rotatable bonds is 3. The minimum atomic E-state index is -1.15. The predicted octanol–water partition coefficient (Wildman–Crippen LogP) is 0.363. The van der Waals surface area contributed by atoms with Crippen molar-refractivity contribution < 1.29 is 23.9 Å². The van der Waals surface area contributed by atoms with Crippen LogP contribution in [0.25, 0.3) is 0 Å². The van der Waals surface area contributed by atoms with Crippen molar-refractivity contribution in [2.24, 2.45) is 5.92 Å². The molecule has 0 aliphatic carbocycles. The zero-order chi connectivity index (χ0) is 13.2. The first-order chi connectivity index (χ1) is 7.89. The van der Waals surface area contributed by atoms with Gasteiger partial charge in [0, 0.05) is 7.05 Å². The van der Waals surface area contributed by atoms with Crippen LogP contribution in [-0.4, -0.2) is 49.4 Å². The van der Waals surface area contributed by atoms with E-state index in [0.717, 1.165) is 0 Å². The number of hydroxylamine groups is 2. The minimum Gasteiger partial charge on any atom is -0.469 e. The van der Waals surface area contributed by atoms with Crippen molar-refractivity contribution in [2.75, 3.05) is 20.8 Å². The molecular formula is C11H19NO5. The smallest absolute Gasteiger partial charge is 0.329 e. The van der Waals surface area contributed by atoms with Crippen molar-refractivity contribution in [3.05, 3.63) is 0 Å². The highest BCUT2D eigenvalue weighted by Gasteiger charge is 2.59. The number of ether oxygens (including phenoxy) is 2. The number of hydrogen-bond acceptors (Lipinski definition) is 6. The van der Waals surface area contributed by atoms with Crippen LogP contribution in [0.2, 0.25) is 0 Å². The Morgan fingerprint density at radius 1 is 1.47 bits per heavy atom. The molecule has 1 saturated heterocycles. The van der Waals surface area contributed by atoms with E-state index in [9.17, 15) is 9.59 Å². The van der Waals surface area contributed by atoms with Gasteiger partial charge >= 0.3 is 11.9 Å². The van der Waals surface area contributed by atoms with E-state index in [2.05, 4.69) is 0 Å². The summed E-state index contributed by atoms with van der Waals surface area (Å²) in [6, 6.07) is 0. The molecule has 0 N–H and O–H groups in total. The van der Waals surface area contributed by atoms with Crippen molar-refractivity contribution >= 4 is 11.9 Å². The van der Waals surface area contributed by atoms with Crippen LogP contribution in [0.15, 0.2) is 0 Å². The lowest BCUT2D eigenvalue weighted by atomic mass is 9.83. The van der Waals surface area contributed by atoms with Crippen LogP contribution >= 0.6 is 0 Å². The molecular weight excluding hydrogens is 226 g/mol. The van der Waals surface area contributed by atoms with Crippen LogP contribution in [-0.2, 0) is 23.9 Å². The monoisotopic (exact) mass is 245 g/mol. The Bertz CT molecular complexity index is 319. The summed E-state index contributed by atoms with van der Waals surface area (Å²) in [5.41, 5.74) is -1.15. The van der Waals surface area contributed by atoms with E-state index < -0.39 is 29.5 Å². The van der Waals surface area contributed by atoms with Gasteiger partial charge in [-0.15, -0.1) is 0 Å². The van der Waals surface area contributed by atoms with Crippen molar-refractivity contribution in [2.45, 2.75) is 32.4 Å². The molecule has 1 fully saturated rings. The standard InChI is InChI=1S/C11H19NO5/c1-6-16-10(14)11(3)8(9(13)15-5)7(2)17-12(11)4/h7-8H,6H2,1-5H3/t7-,8+,11+/m0/s1. The highest BCUT2D eigenvalue weighted by Crippen LogP contribution is 2.37. The predicted molar refractivity (Wildman–Crippen MR) is 58.9 cm³/mol. The van der Waals surface area contributed by atoms with Gasteiger partial charge in [0.2, 0.25) is 0 Å². The molecule has 0 spiro atoms. The summed E-state index contributed by atoms with van der Waals surface area (Å²) >= 11 is 0. The van der Waals surface area contributed by atoms with Gasteiger partial charge in [0.15, 0.2) is 5.54 Å². The van der Waals surface area contributed by atoms with Gasteiger partial charge in [-0.2, -0.15) is 5.06 Å². The fraction of sp³-hybridized carbons (Fsp3) is 0.818. The van der Waals surface area contributed by atoms with Gasteiger partial charge in [-0.3, -0.25) is 9.63 Å². The number of carbonyl (C=O) groups is 2. The van der Waals surface area contributed by atoms with Crippen LogP contribution in [0, 0.1) is 5.92 Å². The second-order valence-electron chi connectivity index (χ2n) is 4.18. The molecule has 6 heteroatoms. The largest absolute Gasteiger partial charge is 0.469 e. The Labute approximate surface area is 101 Å². The summed E-state index contributed by atoms with van der Waals surface area (Å²) in [7, 11) is 2.90. The van der Waals surface area contributed by atoms with Crippen LogP contribution < -0.4 is 0 Å². The molecule has 0 aromatic rings. The van der Waals surface area contributed by atoms with E-state index in [1.54, 1.807) is 27.8 Å². The summed E-state index contributed by atoms with van der Waals surface area (Å²) < 4.78 is 9.73. The van der Waals surface area contributed by atoms with Gasteiger partial charge in [-0.25, -0.2) is 4.79 Å². The molecule has 1 rings (SSSR count). The van der Waals surface area contributed by atoms with Gasteiger partial charge in [0.25, 0.3) is 0 Å². The summed E-state index contributed by atoms with van der Waals surface area (Å²) in [4.78, 5) is 29.2. The minimum absolute atomic E-state index is 0.255. The van der Waals surface area contributed by atoms with Gasteiger partial charge in [0.05, 0.1) is 19.8 Å². The topological polar surface area (TPSA) is 65.1 Å². The molecule has 0 saturated carbocycles. The SMILES string of the molecule is CCOC(=O)[C@@]1(C)[C@@H](C(=O)OC)[C@H](C)ON1C. The highest BCUT2D eigenvalue weighted by atomic mass is 16.7. The number of methoxy groups -OCH3 is 1. The van der Waals surface area contributed by atoms with Crippen molar-refractivity contribution in [1.82, 2.24) is 5.06 Å². The van der Waals surface area contributed by atoms with E-state index in [1.165, 1.54) is 12.2 Å². The molecule has 0 radical (unpaired) electrons. The Balaban J connectivity index is 3.07. The first-order valence-electron chi connectivity index (χ1n) is 5.55. The molecule has 0 aromatic carbocycles. The van der Waals surface area contributed by atoms with E-state index in [0.29, 0.717) is 0 Å². The van der Waals surface area contributed by atoms with E-state index in [1.807, 2.05) is 0 Å². The maximum atomic E-state index is 12.0. The molecule has 0 bridgehead atoms. The zero-order valence-corrected chi connectivity index (χ0v) is 10.9. The molecule has 3 atom stereocenters. The summed E-state index contributed by atoms with van der Waals surface area (Å²) in [6.45, 7) is 5.32. The first kappa shape index (κ1) is 13.9. The van der Waals surface area contributed by atoms with Crippen molar-refractivity contribution in [3.63, 3.8) is 0 Å². The molecule has 0 aromatic heterocycles. The van der Waals surface area contributed by atoms with E-state index >= 15 is 0 Å². The average Bonchev–Trinajstić information content (AvgIpc) is 2.50. The van der Waals surface area contributed by atoms with Crippen LogP contribution in [0.1, 0.15) is 20.8 Å². The molecule has 1 aliphatic heterocycles. The fourth-order valence-electron chi connectivity index (χ4n) is 2.15. The molecule has 1 heterocycles. The normalized spacial score (nSPS) is 33.5. The first-order valence-corrected chi connectivity index (χ1v) is 5.55. The van der Waals surface area contributed by atoms with Gasteiger partial charge in [-0.1, -0.05) is 0 Å². The Kier molecular flexibility index (Phi) is 4.11. The third kappa shape index (κ3) is 2.14. The molecule has 0 amide bonds. The highest BCUT2D eigenvalue weighted by molar-refractivity contribution is 5.89. The van der Waals surface area contributed by atoms with Gasteiger partial charge in [-0.05, 0) is 20.8 Å². The maximum absolute atomic E-state index is 12.0. The summed E-state index contributed by atoms with van der Waals surface area (Å²) in [5, 5.41) is 1.37. The number of carbonyl (C=O) groups excluding carboxylic acids is 2. The van der Waals surface area contributed by atoms with Crippen LogP contribution in [0.5, 0.6) is 0 Å².